The van der Waals surface area contributed by atoms with Crippen molar-refractivity contribution in [2.45, 2.75) is 26.0 Å². The van der Waals surface area contributed by atoms with Crippen LogP contribution in [0.4, 0.5) is 5.69 Å². The summed E-state index contributed by atoms with van der Waals surface area (Å²) in [5.41, 5.74) is 7.14. The molecule has 4 nitrogen and oxygen atoms in total. The third-order valence-corrected chi connectivity index (χ3v) is 3.50. The third kappa shape index (κ3) is 2.90. The van der Waals surface area contributed by atoms with Crippen LogP contribution in [0, 0.1) is 5.92 Å². The number of hydrogen-bond acceptors (Lipinski definition) is 4. The fraction of sp³-hybridized carbons (Fsp3) is 0.538. The molecule has 1 saturated heterocycles. The fourth-order valence-electron chi connectivity index (χ4n) is 2.22. The topological polar surface area (TPSA) is 69.7 Å². The van der Waals surface area contributed by atoms with E-state index < -0.39 is 0 Å². The van der Waals surface area contributed by atoms with Crippen LogP contribution >= 0.6 is 0 Å². The summed E-state index contributed by atoms with van der Waals surface area (Å²) in [6.45, 7) is 4.57. The molecule has 1 aliphatic rings. The lowest BCUT2D eigenvalue weighted by Crippen LogP contribution is -2.42. The Hall–Kier alpha value is -1.26. The Bertz CT molecular complexity index is 395. The molecule has 0 bridgehead atoms. The number of aliphatic hydroxyl groups excluding tert-OH is 1. The number of piperidine rings is 1. The highest BCUT2D eigenvalue weighted by Crippen LogP contribution is 2.23. The smallest absolute Gasteiger partial charge is 0.138 e. The van der Waals surface area contributed by atoms with Gasteiger partial charge in [-0.2, -0.15) is 0 Å². The number of phenolic OH excluding ortho intramolecular Hbond substituents is 1. The van der Waals surface area contributed by atoms with Crippen molar-refractivity contribution in [2.75, 3.05) is 18.8 Å². The lowest BCUT2D eigenvalue weighted by atomic mass is 9.96. The predicted octanol–water partition coefficient (Wildman–Crippen LogP) is 1.18. The molecule has 1 heterocycles. The van der Waals surface area contributed by atoms with Gasteiger partial charge >= 0.3 is 0 Å². The van der Waals surface area contributed by atoms with Gasteiger partial charge in [0.15, 0.2) is 0 Å². The summed E-state index contributed by atoms with van der Waals surface area (Å²) in [4.78, 5) is 2.22. The summed E-state index contributed by atoms with van der Waals surface area (Å²) in [7, 11) is 0. The number of hydrogen-bond donors (Lipinski definition) is 3. The fourth-order valence-corrected chi connectivity index (χ4v) is 2.22. The molecule has 1 aromatic rings. The SMILES string of the molecule is CC1CCN(Cc2ccc(O)c(N)c2)CC1O. The Morgan fingerprint density at radius 3 is 2.88 bits per heavy atom. The van der Waals surface area contributed by atoms with Crippen LogP contribution in [0.1, 0.15) is 18.9 Å². The summed E-state index contributed by atoms with van der Waals surface area (Å²) in [6, 6.07) is 5.28. The van der Waals surface area contributed by atoms with E-state index in [0.717, 1.165) is 25.1 Å². The number of β-amino-alcohol motifs (C(OH)–C–C–N with tert-alkyl or cyclic N) is 1. The molecule has 0 aliphatic carbocycles. The van der Waals surface area contributed by atoms with E-state index in [-0.39, 0.29) is 11.9 Å². The molecular weight excluding hydrogens is 216 g/mol. The maximum atomic E-state index is 9.82. The van der Waals surface area contributed by atoms with E-state index in [1.165, 1.54) is 0 Å². The van der Waals surface area contributed by atoms with Crippen LogP contribution in [0.3, 0.4) is 0 Å². The lowest BCUT2D eigenvalue weighted by Gasteiger charge is -2.34. The van der Waals surface area contributed by atoms with Gasteiger partial charge in [-0.1, -0.05) is 13.0 Å². The van der Waals surface area contributed by atoms with Gasteiger partial charge in [-0.3, -0.25) is 4.90 Å². The normalized spacial score (nSPS) is 26.0. The summed E-state index contributed by atoms with van der Waals surface area (Å²) >= 11 is 0. The number of benzene rings is 1. The van der Waals surface area contributed by atoms with Gasteiger partial charge < -0.3 is 15.9 Å². The first-order valence-electron chi connectivity index (χ1n) is 6.04. The van der Waals surface area contributed by atoms with Crippen LogP contribution in [0.5, 0.6) is 5.75 Å². The Balaban J connectivity index is 1.99. The molecule has 1 aliphatic heterocycles. The van der Waals surface area contributed by atoms with E-state index in [2.05, 4.69) is 11.8 Å². The largest absolute Gasteiger partial charge is 0.506 e. The van der Waals surface area contributed by atoms with Crippen molar-refractivity contribution in [1.82, 2.24) is 4.90 Å². The number of nitrogens with zero attached hydrogens (tertiary/aromatic N) is 1. The molecule has 2 rings (SSSR count). The number of nitrogens with two attached hydrogens (primary N) is 1. The quantitative estimate of drug-likeness (QED) is 0.532. The molecule has 0 radical (unpaired) electrons. The first kappa shape index (κ1) is 12.2. The van der Waals surface area contributed by atoms with E-state index in [4.69, 9.17) is 5.73 Å². The predicted molar refractivity (Wildman–Crippen MR) is 67.6 cm³/mol. The zero-order valence-corrected chi connectivity index (χ0v) is 10.1. The molecular formula is C13H20N2O2. The van der Waals surface area contributed by atoms with Crippen LogP contribution < -0.4 is 5.73 Å². The number of likely N-dealkylation sites (tertiary alicyclic amines) is 1. The van der Waals surface area contributed by atoms with Crippen LogP contribution in [-0.4, -0.2) is 34.3 Å². The summed E-state index contributed by atoms with van der Waals surface area (Å²) in [6.07, 6.45) is 0.785. The number of phenols is 1. The van der Waals surface area contributed by atoms with Crippen molar-refractivity contribution in [2.24, 2.45) is 5.92 Å². The second-order valence-electron chi connectivity index (χ2n) is 4.96. The Morgan fingerprint density at radius 2 is 2.24 bits per heavy atom. The van der Waals surface area contributed by atoms with Crippen LogP contribution in [-0.2, 0) is 6.54 Å². The maximum Gasteiger partial charge on any atom is 0.138 e. The molecule has 1 fully saturated rings. The molecule has 0 aromatic heterocycles. The Kier molecular flexibility index (Phi) is 3.54. The second-order valence-corrected chi connectivity index (χ2v) is 4.96. The van der Waals surface area contributed by atoms with E-state index in [0.29, 0.717) is 18.2 Å². The number of aliphatic hydroxyl groups is 1. The standard InChI is InChI=1S/C13H20N2O2/c1-9-4-5-15(8-13(9)17)7-10-2-3-12(16)11(14)6-10/h2-3,6,9,13,16-17H,4-5,7-8,14H2,1H3. The van der Waals surface area contributed by atoms with Gasteiger partial charge in [0.25, 0.3) is 0 Å². The monoisotopic (exact) mass is 236 g/mol. The minimum atomic E-state index is -0.238. The third-order valence-electron chi connectivity index (χ3n) is 3.50. The first-order valence-corrected chi connectivity index (χ1v) is 6.04. The minimum Gasteiger partial charge on any atom is -0.506 e. The van der Waals surface area contributed by atoms with Crippen molar-refractivity contribution in [3.63, 3.8) is 0 Å². The number of anilines is 1. The molecule has 17 heavy (non-hydrogen) atoms. The van der Waals surface area contributed by atoms with Crippen molar-refractivity contribution in [3.8, 4) is 5.75 Å². The molecule has 4 heteroatoms. The molecule has 0 amide bonds. The van der Waals surface area contributed by atoms with Gasteiger partial charge in [0.2, 0.25) is 0 Å². The van der Waals surface area contributed by atoms with E-state index in [1.807, 2.05) is 6.07 Å². The zero-order chi connectivity index (χ0) is 12.4. The van der Waals surface area contributed by atoms with Crippen molar-refractivity contribution >= 4 is 5.69 Å². The molecule has 2 unspecified atom stereocenters. The van der Waals surface area contributed by atoms with Crippen molar-refractivity contribution in [1.29, 1.82) is 0 Å². The molecule has 4 N–H and O–H groups in total. The second kappa shape index (κ2) is 4.94. The highest BCUT2D eigenvalue weighted by Gasteiger charge is 2.24. The van der Waals surface area contributed by atoms with Gasteiger partial charge in [-0.25, -0.2) is 0 Å². The van der Waals surface area contributed by atoms with Crippen LogP contribution in [0.15, 0.2) is 18.2 Å². The highest BCUT2D eigenvalue weighted by atomic mass is 16.3. The number of rotatable bonds is 2. The Labute approximate surface area is 102 Å². The average molecular weight is 236 g/mol. The lowest BCUT2D eigenvalue weighted by molar-refractivity contribution is 0.0259. The molecule has 1 aromatic carbocycles. The molecule has 94 valence electrons. The number of nitrogen functional groups attached to an aromatic ring is 1. The van der Waals surface area contributed by atoms with E-state index in [9.17, 15) is 10.2 Å². The average Bonchev–Trinajstić information content (AvgIpc) is 2.29. The molecule has 2 atom stereocenters. The minimum absolute atomic E-state index is 0.126. The summed E-state index contributed by atoms with van der Waals surface area (Å²) in [5.74, 6) is 0.511. The van der Waals surface area contributed by atoms with E-state index >= 15 is 0 Å². The van der Waals surface area contributed by atoms with Gasteiger partial charge in [0.1, 0.15) is 5.75 Å². The van der Waals surface area contributed by atoms with Gasteiger partial charge in [0, 0.05) is 13.1 Å². The molecule has 0 saturated carbocycles. The van der Waals surface area contributed by atoms with E-state index in [1.54, 1.807) is 12.1 Å². The van der Waals surface area contributed by atoms with Gasteiger partial charge in [-0.05, 0) is 36.6 Å². The maximum absolute atomic E-state index is 9.82. The zero-order valence-electron chi connectivity index (χ0n) is 10.1. The summed E-state index contributed by atoms with van der Waals surface area (Å²) < 4.78 is 0. The van der Waals surface area contributed by atoms with Crippen LogP contribution in [0.2, 0.25) is 0 Å². The first-order chi connectivity index (χ1) is 8.06. The Morgan fingerprint density at radius 1 is 1.47 bits per heavy atom. The van der Waals surface area contributed by atoms with Crippen LogP contribution in [0.25, 0.3) is 0 Å². The van der Waals surface area contributed by atoms with Gasteiger partial charge in [0.05, 0.1) is 11.8 Å². The van der Waals surface area contributed by atoms with Gasteiger partial charge in [-0.15, -0.1) is 0 Å². The molecule has 0 spiro atoms. The summed E-state index contributed by atoms with van der Waals surface area (Å²) in [5, 5.41) is 19.2. The van der Waals surface area contributed by atoms with Crippen molar-refractivity contribution in [3.05, 3.63) is 23.8 Å². The van der Waals surface area contributed by atoms with Crippen molar-refractivity contribution < 1.29 is 10.2 Å². The highest BCUT2D eigenvalue weighted by molar-refractivity contribution is 5.53. The number of aromatic hydroxyl groups is 1.